The number of rotatable bonds is 9. The van der Waals surface area contributed by atoms with Gasteiger partial charge < -0.3 is 20.1 Å². The lowest BCUT2D eigenvalue weighted by molar-refractivity contribution is -0.122. The number of anilines is 2. The summed E-state index contributed by atoms with van der Waals surface area (Å²) in [6.07, 6.45) is -0.743. The average Bonchev–Trinajstić information content (AvgIpc) is 3.25. The quantitative estimate of drug-likeness (QED) is 0.240. The molecular formula is C30H28N2O5S. The van der Waals surface area contributed by atoms with Gasteiger partial charge in [-0.25, -0.2) is 4.79 Å². The third kappa shape index (κ3) is 6.27. The summed E-state index contributed by atoms with van der Waals surface area (Å²) in [5, 5.41) is 6.10. The zero-order valence-corrected chi connectivity index (χ0v) is 22.1. The maximum Gasteiger partial charge on any atom is 0.341 e. The summed E-state index contributed by atoms with van der Waals surface area (Å²) in [6, 6.07) is 25.1. The van der Waals surface area contributed by atoms with E-state index in [4.69, 9.17) is 9.47 Å². The zero-order chi connectivity index (χ0) is 27.1. The SMILES string of the molecule is CCOC(=O)c1c(NC(=O)c2ccc(O[C@H](C)C(=O)Nc3ccccc3)cc2)sc(C)c1-c1ccccc1. The van der Waals surface area contributed by atoms with E-state index in [0.717, 1.165) is 16.0 Å². The van der Waals surface area contributed by atoms with Gasteiger partial charge in [0.25, 0.3) is 11.8 Å². The first kappa shape index (κ1) is 26.6. The number of esters is 1. The van der Waals surface area contributed by atoms with Crippen LogP contribution in [-0.2, 0) is 9.53 Å². The van der Waals surface area contributed by atoms with Gasteiger partial charge >= 0.3 is 5.97 Å². The second kappa shape index (κ2) is 12.2. The number of aryl methyl sites for hydroxylation is 1. The number of hydrogen-bond acceptors (Lipinski definition) is 6. The Balaban J connectivity index is 1.48. The monoisotopic (exact) mass is 528 g/mol. The van der Waals surface area contributed by atoms with Crippen molar-refractivity contribution >= 4 is 39.8 Å². The van der Waals surface area contributed by atoms with E-state index in [2.05, 4.69) is 10.6 Å². The zero-order valence-electron chi connectivity index (χ0n) is 21.3. The summed E-state index contributed by atoms with van der Waals surface area (Å²) in [6.45, 7) is 5.53. The highest BCUT2D eigenvalue weighted by Crippen LogP contribution is 2.40. The van der Waals surface area contributed by atoms with E-state index in [9.17, 15) is 14.4 Å². The summed E-state index contributed by atoms with van der Waals surface area (Å²) >= 11 is 1.33. The summed E-state index contributed by atoms with van der Waals surface area (Å²) in [5.41, 5.74) is 3.02. The molecule has 4 aromatic rings. The minimum atomic E-state index is -0.743. The maximum absolute atomic E-state index is 13.1. The Morgan fingerprint density at radius 3 is 2.13 bits per heavy atom. The Labute approximate surface area is 225 Å². The Kier molecular flexibility index (Phi) is 8.55. The first-order chi connectivity index (χ1) is 18.4. The predicted molar refractivity (Wildman–Crippen MR) is 150 cm³/mol. The molecule has 1 heterocycles. The average molecular weight is 529 g/mol. The van der Waals surface area contributed by atoms with E-state index >= 15 is 0 Å². The molecule has 0 spiro atoms. The van der Waals surface area contributed by atoms with E-state index in [1.54, 1.807) is 50.2 Å². The summed E-state index contributed by atoms with van der Waals surface area (Å²) < 4.78 is 11.1. The van der Waals surface area contributed by atoms with Gasteiger partial charge in [-0.2, -0.15) is 0 Å². The van der Waals surface area contributed by atoms with Gasteiger partial charge in [-0.1, -0.05) is 48.5 Å². The van der Waals surface area contributed by atoms with Crippen LogP contribution in [-0.4, -0.2) is 30.5 Å². The highest BCUT2D eigenvalue weighted by molar-refractivity contribution is 7.17. The molecule has 38 heavy (non-hydrogen) atoms. The molecule has 2 amide bonds. The van der Waals surface area contributed by atoms with Gasteiger partial charge in [0.15, 0.2) is 6.10 Å². The van der Waals surface area contributed by atoms with Crippen LogP contribution in [0.5, 0.6) is 5.75 Å². The molecule has 3 aromatic carbocycles. The molecule has 0 saturated carbocycles. The molecule has 4 rings (SSSR count). The molecule has 0 saturated heterocycles. The van der Waals surface area contributed by atoms with Crippen molar-refractivity contribution in [3.63, 3.8) is 0 Å². The van der Waals surface area contributed by atoms with Crippen LogP contribution in [0.2, 0.25) is 0 Å². The molecule has 0 aliphatic heterocycles. The van der Waals surface area contributed by atoms with Crippen LogP contribution in [0, 0.1) is 6.92 Å². The number of carbonyl (C=O) groups is 3. The topological polar surface area (TPSA) is 93.7 Å². The number of benzene rings is 3. The van der Waals surface area contributed by atoms with E-state index in [-0.39, 0.29) is 18.4 Å². The van der Waals surface area contributed by atoms with Gasteiger partial charge in [-0.05, 0) is 62.7 Å². The van der Waals surface area contributed by atoms with Crippen molar-refractivity contribution in [2.45, 2.75) is 26.9 Å². The van der Waals surface area contributed by atoms with Gasteiger partial charge in [-0.3, -0.25) is 9.59 Å². The normalized spacial score (nSPS) is 11.3. The lowest BCUT2D eigenvalue weighted by Gasteiger charge is -2.15. The van der Waals surface area contributed by atoms with Crippen molar-refractivity contribution in [1.82, 2.24) is 0 Å². The lowest BCUT2D eigenvalue weighted by Crippen LogP contribution is -2.30. The number of para-hydroxylation sites is 1. The van der Waals surface area contributed by atoms with Crippen molar-refractivity contribution in [3.8, 4) is 16.9 Å². The third-order valence-corrected chi connectivity index (χ3v) is 6.71. The number of hydrogen-bond donors (Lipinski definition) is 2. The molecule has 0 radical (unpaired) electrons. The van der Waals surface area contributed by atoms with E-state index < -0.39 is 12.1 Å². The molecule has 8 heteroatoms. The molecule has 0 unspecified atom stereocenters. The van der Waals surface area contributed by atoms with Crippen molar-refractivity contribution in [1.29, 1.82) is 0 Å². The van der Waals surface area contributed by atoms with Crippen molar-refractivity contribution < 1.29 is 23.9 Å². The third-order valence-electron chi connectivity index (χ3n) is 5.69. The molecule has 1 atom stereocenters. The maximum atomic E-state index is 13.1. The summed E-state index contributed by atoms with van der Waals surface area (Å²) in [7, 11) is 0. The fourth-order valence-corrected chi connectivity index (χ4v) is 4.93. The number of ether oxygens (including phenoxy) is 2. The van der Waals surface area contributed by atoms with Crippen LogP contribution in [0.25, 0.3) is 11.1 Å². The molecule has 7 nitrogen and oxygen atoms in total. The second-order valence-corrected chi connectivity index (χ2v) is 9.64. The highest BCUT2D eigenvalue weighted by atomic mass is 32.1. The van der Waals surface area contributed by atoms with Crippen LogP contribution in [0.15, 0.2) is 84.9 Å². The molecule has 2 N–H and O–H groups in total. The molecular weight excluding hydrogens is 500 g/mol. The van der Waals surface area contributed by atoms with Gasteiger partial charge in [0.2, 0.25) is 0 Å². The Morgan fingerprint density at radius 1 is 0.868 bits per heavy atom. The van der Waals surface area contributed by atoms with Crippen molar-refractivity contribution in [2.24, 2.45) is 0 Å². The Hall–Kier alpha value is -4.43. The first-order valence-electron chi connectivity index (χ1n) is 12.2. The predicted octanol–water partition coefficient (Wildman–Crippen LogP) is 6.56. The smallest absolute Gasteiger partial charge is 0.341 e. The summed E-state index contributed by atoms with van der Waals surface area (Å²) in [5.74, 6) is -0.704. The van der Waals surface area contributed by atoms with Crippen molar-refractivity contribution in [3.05, 3.63) is 101 Å². The van der Waals surface area contributed by atoms with E-state index in [0.29, 0.717) is 27.6 Å². The van der Waals surface area contributed by atoms with Crippen LogP contribution in [0.4, 0.5) is 10.7 Å². The minimum Gasteiger partial charge on any atom is -0.481 e. The van der Waals surface area contributed by atoms with Crippen LogP contribution < -0.4 is 15.4 Å². The van der Waals surface area contributed by atoms with Crippen LogP contribution in [0.3, 0.4) is 0 Å². The molecule has 0 bridgehead atoms. The minimum absolute atomic E-state index is 0.221. The van der Waals surface area contributed by atoms with E-state index in [1.165, 1.54) is 11.3 Å². The summed E-state index contributed by atoms with van der Waals surface area (Å²) in [4.78, 5) is 39.3. The van der Waals surface area contributed by atoms with Gasteiger partial charge in [0, 0.05) is 21.7 Å². The highest BCUT2D eigenvalue weighted by Gasteiger charge is 2.26. The first-order valence-corrected chi connectivity index (χ1v) is 13.0. The van der Waals surface area contributed by atoms with E-state index in [1.807, 2.05) is 55.5 Å². The Bertz CT molecular complexity index is 1420. The second-order valence-electron chi connectivity index (χ2n) is 8.42. The number of amides is 2. The van der Waals surface area contributed by atoms with Gasteiger partial charge in [-0.15, -0.1) is 11.3 Å². The fraction of sp³-hybridized carbons (Fsp3) is 0.167. The van der Waals surface area contributed by atoms with Crippen LogP contribution >= 0.6 is 11.3 Å². The largest absolute Gasteiger partial charge is 0.481 e. The Morgan fingerprint density at radius 2 is 1.50 bits per heavy atom. The van der Waals surface area contributed by atoms with Gasteiger partial charge in [0.05, 0.1) is 6.61 Å². The number of carbonyl (C=O) groups excluding carboxylic acids is 3. The van der Waals surface area contributed by atoms with Gasteiger partial charge in [0.1, 0.15) is 16.3 Å². The number of thiophene rings is 1. The molecule has 1 aromatic heterocycles. The molecule has 194 valence electrons. The number of nitrogens with one attached hydrogen (secondary N) is 2. The molecule has 0 aliphatic carbocycles. The standard InChI is InChI=1S/C30H28N2O5S/c1-4-36-30(35)26-25(21-11-7-5-8-12-21)20(3)38-29(26)32-28(34)22-15-17-24(18-16-22)37-19(2)27(33)31-23-13-9-6-10-14-23/h5-19H,4H2,1-3H3,(H,31,33)(H,32,34)/t19-/m1/s1. The molecule has 0 fully saturated rings. The fourth-order valence-electron chi connectivity index (χ4n) is 3.87. The van der Waals surface area contributed by atoms with Crippen molar-refractivity contribution in [2.75, 3.05) is 17.2 Å². The molecule has 0 aliphatic rings. The van der Waals surface area contributed by atoms with Crippen LogP contribution in [0.1, 0.15) is 39.4 Å². The lowest BCUT2D eigenvalue weighted by atomic mass is 10.0.